The Hall–Kier alpha value is -9.90. The molecule has 4 heteroatoms. The van der Waals surface area contributed by atoms with Crippen LogP contribution in [-0.4, -0.2) is 4.57 Å². The standard InChI is InChI=1S/C79H56N2O2/c1-77(2)60-42-48(36-39-54(60)68-62(77)44-58(75-70(68)56-28-14-18-33-66(56)82-75)46-35-38-52-51-26-13-17-31-64(51)81(65(52)41-46)47-23-8-7-9-24-47)80(63-32-20-22-45-21-10-11-25-50(45)63)49-37-40-55-61(43-49)79(5,6)73-69(55)71-57-29-15-19-34-67(57)83-76(71)72-53-27-12-16-30-59(53)78(3,4)74(72)73/h7-44H,1-6H3. The molecule has 0 amide bonds. The first-order chi connectivity index (χ1) is 40.5. The number of furan rings is 2. The number of hydrogen-bond acceptors (Lipinski definition) is 3. The van der Waals surface area contributed by atoms with E-state index in [1.807, 2.05) is 0 Å². The van der Waals surface area contributed by atoms with Gasteiger partial charge in [0, 0.05) is 82.1 Å². The summed E-state index contributed by atoms with van der Waals surface area (Å²) >= 11 is 0. The monoisotopic (exact) mass is 1060 g/mol. The van der Waals surface area contributed by atoms with Gasteiger partial charge < -0.3 is 18.3 Å². The van der Waals surface area contributed by atoms with Crippen molar-refractivity contribution in [2.75, 3.05) is 4.90 Å². The van der Waals surface area contributed by atoms with E-state index in [9.17, 15) is 0 Å². The Morgan fingerprint density at radius 3 is 1.66 bits per heavy atom. The molecule has 0 fully saturated rings. The largest absolute Gasteiger partial charge is 0.455 e. The molecule has 0 unspecified atom stereocenters. The number of nitrogens with zero attached hydrogens (tertiary/aromatic N) is 2. The highest BCUT2D eigenvalue weighted by atomic mass is 16.3. The molecule has 18 rings (SSSR count). The second kappa shape index (κ2) is 16.2. The first-order valence-corrected chi connectivity index (χ1v) is 29.2. The molecule has 0 aliphatic heterocycles. The van der Waals surface area contributed by atoms with Gasteiger partial charge in [-0.3, -0.25) is 0 Å². The molecule has 3 aliphatic carbocycles. The van der Waals surface area contributed by atoms with E-state index in [-0.39, 0.29) is 16.2 Å². The van der Waals surface area contributed by atoms with Crippen LogP contribution in [0.2, 0.25) is 0 Å². The van der Waals surface area contributed by atoms with Gasteiger partial charge in [-0.15, -0.1) is 0 Å². The van der Waals surface area contributed by atoms with Crippen molar-refractivity contribution in [2.24, 2.45) is 0 Å². The predicted octanol–water partition coefficient (Wildman–Crippen LogP) is 21.8. The molecule has 0 radical (unpaired) electrons. The second-order valence-corrected chi connectivity index (χ2v) is 25.1. The van der Waals surface area contributed by atoms with Crippen LogP contribution in [0.25, 0.3) is 127 Å². The Labute approximate surface area is 481 Å². The molecule has 83 heavy (non-hydrogen) atoms. The highest BCUT2D eigenvalue weighted by Crippen LogP contribution is 2.64. The van der Waals surface area contributed by atoms with Gasteiger partial charge in [-0.2, -0.15) is 0 Å². The summed E-state index contributed by atoms with van der Waals surface area (Å²) in [4.78, 5) is 2.53. The Balaban J connectivity index is 0.847. The van der Waals surface area contributed by atoms with Gasteiger partial charge in [0.15, 0.2) is 0 Å². The first-order valence-electron chi connectivity index (χ1n) is 29.2. The minimum absolute atomic E-state index is 0.249. The third kappa shape index (κ3) is 6.04. The number of rotatable bonds is 5. The maximum Gasteiger partial charge on any atom is 0.144 e. The molecule has 394 valence electrons. The van der Waals surface area contributed by atoms with E-state index in [0.717, 1.165) is 67.0 Å². The number of anilines is 3. The summed E-state index contributed by atoms with van der Waals surface area (Å²) in [6.45, 7) is 14.6. The van der Waals surface area contributed by atoms with Crippen molar-refractivity contribution in [3.05, 3.63) is 264 Å². The van der Waals surface area contributed by atoms with Crippen LogP contribution in [0.15, 0.2) is 239 Å². The van der Waals surface area contributed by atoms with Crippen molar-refractivity contribution >= 4 is 93.5 Å². The molecule has 4 nitrogen and oxygen atoms in total. The maximum atomic E-state index is 7.10. The fourth-order valence-corrected chi connectivity index (χ4v) is 15.9. The minimum atomic E-state index is -0.388. The van der Waals surface area contributed by atoms with Crippen LogP contribution in [0.1, 0.15) is 74.9 Å². The molecule has 12 aromatic carbocycles. The van der Waals surface area contributed by atoms with Crippen molar-refractivity contribution in [2.45, 2.75) is 57.8 Å². The molecular formula is C79H56N2O2. The lowest BCUT2D eigenvalue weighted by Crippen LogP contribution is -2.24. The van der Waals surface area contributed by atoms with Gasteiger partial charge in [0.1, 0.15) is 22.3 Å². The van der Waals surface area contributed by atoms with E-state index in [1.54, 1.807) is 0 Å². The van der Waals surface area contributed by atoms with Gasteiger partial charge in [0.25, 0.3) is 0 Å². The van der Waals surface area contributed by atoms with E-state index >= 15 is 0 Å². The molecule has 0 atom stereocenters. The minimum Gasteiger partial charge on any atom is -0.455 e. The third-order valence-corrected chi connectivity index (χ3v) is 19.7. The molecule has 3 aliphatic rings. The van der Waals surface area contributed by atoms with E-state index in [4.69, 9.17) is 8.83 Å². The van der Waals surface area contributed by atoms with Crippen LogP contribution in [0.5, 0.6) is 0 Å². The first kappa shape index (κ1) is 46.8. The third-order valence-electron chi connectivity index (χ3n) is 19.7. The molecular weight excluding hydrogens is 1010 g/mol. The number of fused-ring (bicyclic) bond motifs is 23. The van der Waals surface area contributed by atoms with Crippen molar-refractivity contribution in [3.8, 4) is 50.2 Å². The topological polar surface area (TPSA) is 34.5 Å². The van der Waals surface area contributed by atoms with E-state index in [1.165, 1.54) is 110 Å². The highest BCUT2D eigenvalue weighted by molar-refractivity contribution is 6.22. The van der Waals surface area contributed by atoms with Gasteiger partial charge >= 0.3 is 0 Å². The van der Waals surface area contributed by atoms with E-state index < -0.39 is 0 Å². The molecule has 3 heterocycles. The lowest BCUT2D eigenvalue weighted by atomic mass is 9.72. The maximum absolute atomic E-state index is 7.10. The molecule has 0 N–H and O–H groups in total. The van der Waals surface area contributed by atoms with Crippen LogP contribution < -0.4 is 4.90 Å². The van der Waals surface area contributed by atoms with Gasteiger partial charge in [0.05, 0.1) is 16.7 Å². The van der Waals surface area contributed by atoms with Crippen LogP contribution in [-0.2, 0) is 16.2 Å². The summed E-state index contributed by atoms with van der Waals surface area (Å²) in [6, 6.07) is 85.4. The zero-order valence-corrected chi connectivity index (χ0v) is 47.2. The Kier molecular flexibility index (Phi) is 9.12. The zero-order valence-electron chi connectivity index (χ0n) is 47.2. The van der Waals surface area contributed by atoms with Crippen molar-refractivity contribution in [3.63, 3.8) is 0 Å². The van der Waals surface area contributed by atoms with E-state index in [0.29, 0.717) is 0 Å². The fourth-order valence-electron chi connectivity index (χ4n) is 15.9. The van der Waals surface area contributed by atoms with Crippen molar-refractivity contribution < 1.29 is 8.83 Å². The lowest BCUT2D eigenvalue weighted by molar-refractivity contribution is 0.600. The quantitative estimate of drug-likeness (QED) is 0.172. The normalized spacial score (nSPS) is 14.9. The molecule has 15 aromatic rings. The zero-order chi connectivity index (χ0) is 55.4. The summed E-state index contributed by atoms with van der Waals surface area (Å²) < 4.78 is 16.6. The molecule has 0 bridgehead atoms. The van der Waals surface area contributed by atoms with Crippen LogP contribution >= 0.6 is 0 Å². The summed E-state index contributed by atoms with van der Waals surface area (Å²) in [6.07, 6.45) is 0. The molecule has 0 saturated heterocycles. The van der Waals surface area contributed by atoms with Crippen molar-refractivity contribution in [1.82, 2.24) is 4.57 Å². The molecule has 3 aromatic heterocycles. The van der Waals surface area contributed by atoms with Gasteiger partial charge in [-0.1, -0.05) is 199 Å². The molecule has 0 saturated carbocycles. The number of aromatic nitrogens is 1. The average Bonchev–Trinajstić information content (AvgIpc) is 1.74. The smallest absolute Gasteiger partial charge is 0.144 e. The summed E-state index contributed by atoms with van der Waals surface area (Å²) in [5, 5.41) is 9.54. The van der Waals surface area contributed by atoms with E-state index in [2.05, 4.69) is 282 Å². The van der Waals surface area contributed by atoms with Gasteiger partial charge in [-0.25, -0.2) is 0 Å². The van der Waals surface area contributed by atoms with Gasteiger partial charge in [0.2, 0.25) is 0 Å². The predicted molar refractivity (Wildman–Crippen MR) is 346 cm³/mol. The summed E-state index contributed by atoms with van der Waals surface area (Å²) in [7, 11) is 0. The fraction of sp³-hybridized carbons (Fsp3) is 0.114. The number of benzene rings is 12. The number of para-hydroxylation sites is 4. The Bertz CT molecular complexity index is 5360. The second-order valence-electron chi connectivity index (χ2n) is 25.1. The Morgan fingerprint density at radius 1 is 0.349 bits per heavy atom. The summed E-state index contributed by atoms with van der Waals surface area (Å²) in [5.41, 5.74) is 27.5. The Morgan fingerprint density at radius 2 is 0.904 bits per heavy atom. The SMILES string of the molecule is CC1(C)c2cc(N(c3ccc4c(c3)C(C)(C)c3c5c(c6oc7ccccc7c6c3-4)-c3ccccc3C5(C)C)c3cccc4ccccc34)ccc2-c2c1cc(-c1ccc3c4ccccc4n(-c4ccccc4)c3c1)c1oc3ccccc3c21. The van der Waals surface area contributed by atoms with Crippen LogP contribution in [0.4, 0.5) is 17.1 Å². The summed E-state index contributed by atoms with van der Waals surface area (Å²) in [5.74, 6) is 0. The highest BCUT2D eigenvalue weighted by Gasteiger charge is 2.49. The van der Waals surface area contributed by atoms with Crippen LogP contribution in [0.3, 0.4) is 0 Å². The average molecular weight is 1070 g/mol. The van der Waals surface area contributed by atoms with Crippen molar-refractivity contribution in [1.29, 1.82) is 0 Å². The van der Waals surface area contributed by atoms with Gasteiger partial charge in [-0.05, 0) is 145 Å². The molecule has 0 spiro atoms. The van der Waals surface area contributed by atoms with Crippen LogP contribution in [0, 0.1) is 0 Å². The lowest BCUT2D eigenvalue weighted by Gasteiger charge is -2.32. The number of hydrogen-bond donors (Lipinski definition) is 0.